The van der Waals surface area contributed by atoms with Crippen molar-refractivity contribution in [3.63, 3.8) is 0 Å². The molecule has 14 atom stereocenters. The van der Waals surface area contributed by atoms with Gasteiger partial charge in [-0.15, -0.1) is 5.10 Å². The molecule has 0 aliphatic carbocycles. The van der Waals surface area contributed by atoms with Crippen molar-refractivity contribution in [1.29, 1.82) is 0 Å². The highest BCUT2D eigenvalue weighted by molar-refractivity contribution is 8.76. The number of thioether (sulfide) groups is 1. The summed E-state index contributed by atoms with van der Waals surface area (Å²) in [5.41, 5.74) is 2.54. The number of carboxylic acids is 4. The number of phenols is 4. The lowest BCUT2D eigenvalue weighted by Crippen LogP contribution is -2.60. The summed E-state index contributed by atoms with van der Waals surface area (Å²) >= 11 is 1.21. The molecule has 10 amide bonds. The molecule has 1 aliphatic heterocycles. The van der Waals surface area contributed by atoms with Crippen LogP contribution in [0, 0.1) is 29.6 Å². The number of carbonyl (C=O) groups excluding carboxylic acids is 16. The number of hydrogen-bond acceptors (Lipinski definition) is 32. The van der Waals surface area contributed by atoms with E-state index in [0.717, 1.165) is 27.2 Å². The maximum atomic E-state index is 15.3. The normalized spacial score (nSPS) is 17.7. The van der Waals surface area contributed by atoms with Gasteiger partial charge in [0, 0.05) is 94.4 Å². The molecular weight excluding hydrogens is 2000 g/mol. The Balaban J connectivity index is 0.00000123. The monoisotopic (exact) mass is 2130 g/mol. The number of carbonyl (C=O) groups is 20. The Bertz CT molecular complexity index is 5530. The zero-order valence-corrected chi connectivity index (χ0v) is 86.7. The van der Waals surface area contributed by atoms with Crippen LogP contribution in [0.4, 0.5) is 0 Å². The number of nitrogens with zero attached hydrogens (tertiary/aromatic N) is 3. The Kier molecular flexibility index (Phi) is 53.3. The van der Waals surface area contributed by atoms with Gasteiger partial charge < -0.3 is 109 Å². The van der Waals surface area contributed by atoms with Gasteiger partial charge in [-0.05, 0) is 153 Å². The van der Waals surface area contributed by atoms with E-state index in [2.05, 4.69) is 68.8 Å². The highest BCUT2D eigenvalue weighted by Gasteiger charge is 2.40. The van der Waals surface area contributed by atoms with Crippen molar-refractivity contribution in [2.24, 2.45) is 29.6 Å². The first kappa shape index (κ1) is 124. The minimum absolute atomic E-state index is 0.00302. The van der Waals surface area contributed by atoms with Gasteiger partial charge in [0.25, 0.3) is 0 Å². The number of aromatic nitrogens is 3. The highest BCUT2D eigenvalue weighted by atomic mass is 33.1. The van der Waals surface area contributed by atoms with E-state index >= 15 is 9.59 Å². The number of ketones is 6. The van der Waals surface area contributed by atoms with E-state index in [0.29, 0.717) is 41.9 Å². The minimum Gasteiger partial charge on any atom is -0.508 e. The largest absolute Gasteiger partial charge is 0.508 e. The van der Waals surface area contributed by atoms with Gasteiger partial charge in [-0.2, -0.15) is 11.8 Å². The number of benzene rings is 5. The van der Waals surface area contributed by atoms with E-state index in [1.807, 2.05) is 13.8 Å². The first-order valence-corrected chi connectivity index (χ1v) is 52.2. The number of aromatic hydroxyl groups is 4. The number of amides is 10. The Morgan fingerprint density at radius 3 is 1.58 bits per heavy atom. The van der Waals surface area contributed by atoms with Crippen LogP contribution >= 0.6 is 33.3 Å². The zero-order valence-electron chi connectivity index (χ0n) is 84.2. The molecule has 0 bridgehead atoms. The third kappa shape index (κ3) is 46.1. The molecule has 2 heterocycles. The van der Waals surface area contributed by atoms with Gasteiger partial charge in [0.1, 0.15) is 70.8 Å². The fourth-order valence-electron chi connectivity index (χ4n) is 15.4. The Morgan fingerprint density at radius 1 is 0.523 bits per heavy atom. The van der Waals surface area contributed by atoms with Crippen LogP contribution in [0.5, 0.6) is 23.0 Å². The Morgan fingerprint density at radius 2 is 1.05 bits per heavy atom. The molecule has 149 heavy (non-hydrogen) atoms. The number of carboxylic acid groups (broad SMARTS) is 4. The van der Waals surface area contributed by atoms with Gasteiger partial charge in [-0.1, -0.05) is 140 Å². The molecule has 0 unspecified atom stereocenters. The van der Waals surface area contributed by atoms with E-state index in [9.17, 15) is 122 Å². The molecule has 0 saturated carbocycles. The summed E-state index contributed by atoms with van der Waals surface area (Å²) < 4.78 is 12.6. The molecule has 1 aliphatic rings. The first-order valence-electron chi connectivity index (χ1n) is 48.3. The molecule has 5 aromatic carbocycles. The second-order valence-electron chi connectivity index (χ2n) is 36.7. The summed E-state index contributed by atoms with van der Waals surface area (Å²) in [6, 6.07) is 14.3. The maximum absolute atomic E-state index is 15.3. The standard InChI is InChI=1S/C83H107N13O26S3.C19H27NO4/c1-46(2)73(82(117)118)92-80(115)63(42-72(108)109)90-77(112)57(27-33-123-5)87-79(114)62(38-51-17-23-56(99)24-18-51)89-81(116)64-45-125-124-44-52(39-68(103)59(35-49-13-19-54(97)20-14-49)85-70(105)40-53-43-96(95-94-53)28-30-122-32-31-121-29-9-12-65(100)58(84-4)41-71(106)107)76(111)93-74(83(119)120)66(101)25-26-69(104)86-61(37-48-10-7-6-8-11-48)78(113)88-60(36-50-15-21-55(98)22-16-50)67(102)34-47(3)75(110)91-64;1-12(2)9-16(13(3)21)11-19(24)18(20-14(4)22)10-15-5-7-17(23)8-6-15/h6-8,10-11,13-24,43,46-47,52,57-64,73-74,84,97-99H,9,12,25-42,44-45H2,1-5H3,(H,85,105)(H,86,104)(H,87,114)(H,88,113)(H,89,116)(H,90,112)(H,91,110)(H,92,115)(H,93,111)(H,106,107)(H,108,109)(H,117,118)(H,119,120);5-8,12,16,18,23H,9-11H2,1-4H3,(H,20,22)/t47-,52+,57+,58-,59+,60+,61-,62+,63+,64+,73+,74-;16-,18-/m00/s1. The quantitative estimate of drug-likeness (QED) is 0.0148. The molecule has 0 spiro atoms. The molecule has 47 heteroatoms. The molecule has 1 fully saturated rings. The van der Waals surface area contributed by atoms with Crippen molar-refractivity contribution >= 4 is 151 Å². The fraction of sp³-hybridized carbons (Fsp3) is 0.490. The van der Waals surface area contributed by atoms with Crippen molar-refractivity contribution in [3.8, 4) is 23.0 Å². The summed E-state index contributed by atoms with van der Waals surface area (Å²) in [5, 5.41) is 115. The summed E-state index contributed by atoms with van der Waals surface area (Å²) in [7, 11) is 3.04. The van der Waals surface area contributed by atoms with E-state index in [-0.39, 0.29) is 147 Å². The molecule has 44 nitrogen and oxygen atoms in total. The van der Waals surface area contributed by atoms with Crippen LogP contribution in [0.3, 0.4) is 0 Å². The molecular formula is C102H134N14O30S3. The molecule has 1 saturated heterocycles. The van der Waals surface area contributed by atoms with Crippen LogP contribution in [0.2, 0.25) is 0 Å². The second kappa shape index (κ2) is 64.3. The smallest absolute Gasteiger partial charge is 0.334 e. The summed E-state index contributed by atoms with van der Waals surface area (Å²) in [4.78, 5) is 271. The number of phenolic OH excluding ortho intramolecular Hbond substituents is 4. The molecule has 6 aromatic rings. The van der Waals surface area contributed by atoms with Gasteiger partial charge in [0.05, 0.1) is 81.4 Å². The lowest BCUT2D eigenvalue weighted by Gasteiger charge is -2.27. The number of Topliss-reactive ketones (excluding diaryl/α,β-unsaturated/α-hetero) is 6. The van der Waals surface area contributed by atoms with Crippen LogP contribution in [0.1, 0.15) is 153 Å². The van der Waals surface area contributed by atoms with Crippen molar-refractivity contribution in [1.82, 2.24) is 73.5 Å². The number of aliphatic carboxylic acids is 4. The van der Waals surface area contributed by atoms with Crippen LogP contribution in [-0.4, -0.2) is 297 Å². The zero-order chi connectivity index (χ0) is 110. The summed E-state index contributed by atoms with van der Waals surface area (Å²) in [6.45, 7) is 12.0. The van der Waals surface area contributed by atoms with Crippen molar-refractivity contribution in [2.75, 3.05) is 57.0 Å². The van der Waals surface area contributed by atoms with Gasteiger partial charge in [-0.25, -0.2) is 14.3 Å². The third-order valence-electron chi connectivity index (χ3n) is 23.6. The number of rotatable bonds is 53. The Labute approximate surface area is 873 Å². The molecule has 1 aromatic heterocycles. The molecule has 0 radical (unpaired) electrons. The van der Waals surface area contributed by atoms with Crippen LogP contribution < -0.4 is 58.5 Å². The van der Waals surface area contributed by atoms with Gasteiger partial charge in [0.15, 0.2) is 29.2 Å². The van der Waals surface area contributed by atoms with Crippen LogP contribution in [0.15, 0.2) is 134 Å². The Hall–Kier alpha value is -14.0. The minimum atomic E-state index is -2.40. The maximum Gasteiger partial charge on any atom is 0.334 e. The average molecular weight is 2130 g/mol. The van der Waals surface area contributed by atoms with Crippen molar-refractivity contribution < 1.29 is 146 Å². The predicted molar refractivity (Wildman–Crippen MR) is 547 cm³/mol. The van der Waals surface area contributed by atoms with Gasteiger partial charge >= 0.3 is 23.9 Å². The van der Waals surface area contributed by atoms with Gasteiger partial charge in [0.2, 0.25) is 59.1 Å². The van der Waals surface area contributed by atoms with Gasteiger partial charge in [-0.3, -0.25) is 86.3 Å². The number of nitrogens with one attached hydrogen (secondary N) is 11. The van der Waals surface area contributed by atoms with E-state index in [1.54, 1.807) is 60.9 Å². The topological polar surface area (TPSA) is 685 Å². The lowest BCUT2D eigenvalue weighted by molar-refractivity contribution is -0.147. The van der Waals surface area contributed by atoms with Crippen LogP contribution in [0.25, 0.3) is 0 Å². The van der Waals surface area contributed by atoms with E-state index in [1.165, 1.54) is 137 Å². The van der Waals surface area contributed by atoms with Crippen molar-refractivity contribution in [2.45, 2.75) is 231 Å². The fourth-order valence-corrected chi connectivity index (χ4v) is 18.3. The second-order valence-corrected chi connectivity index (χ2v) is 40.2. The number of likely N-dealkylation sites (N-methyl/N-ethyl adjacent to an activating group) is 1. The van der Waals surface area contributed by atoms with Crippen molar-refractivity contribution in [3.05, 3.63) is 167 Å². The average Bonchev–Trinajstić information content (AvgIpc) is 1.24. The van der Waals surface area contributed by atoms with E-state index in [4.69, 9.17) is 14.6 Å². The lowest BCUT2D eigenvalue weighted by atomic mass is 9.87. The molecule has 7 rings (SSSR count). The highest BCUT2D eigenvalue weighted by Crippen LogP contribution is 2.30. The summed E-state index contributed by atoms with van der Waals surface area (Å²) in [5.74, 6) is -23.9. The predicted octanol–water partition coefficient (Wildman–Crippen LogP) is 3.33. The number of hydrogen-bond donors (Lipinski definition) is 19. The SMILES string of the molecule is CC(=O)N[C@@H](Cc1ccc(O)cc1)C(=O)C[C@H](CC(C)C)C(C)=O.CN[C@@H](CC(=O)O)C(=O)CCCOCCOCCn1cc(CC(=O)N[C@H](Cc2ccc(O)cc2)C(=O)C[C@@H]2CSSC[C@H](C(=O)N[C@H](Cc3ccc(O)cc3)C(=O)N[C@H](CCSC)C(=O)N[C@H](CC(=O)O)C(=O)N[C@@H](C(=O)O)C(C)C)NC(=O)[C@@H](C)CC(=O)[C@@H](Cc3ccc(O)cc3)NC(=O)[C@H](Cc3ccccc3)NC(=O)CCC(=O)[C@@H](C(=O)O)NC2=O)nn1. The first-order chi connectivity index (χ1) is 70.7. The van der Waals surface area contributed by atoms with E-state index < -0.39 is 235 Å². The molecule has 810 valence electrons. The van der Waals surface area contributed by atoms with Crippen LogP contribution in [-0.2, 0) is 150 Å². The molecule has 19 N–H and O–H groups in total. The summed E-state index contributed by atoms with van der Waals surface area (Å²) in [6.07, 6.45) is -1.64. The third-order valence-corrected chi connectivity index (χ3v) is 26.7. The number of ether oxygens (including phenoxy) is 2.